The number of pyridine rings is 1. The van der Waals surface area contributed by atoms with Crippen LogP contribution in [0.15, 0.2) is 24.4 Å². The third-order valence-electron chi connectivity index (χ3n) is 5.22. The van der Waals surface area contributed by atoms with Gasteiger partial charge in [-0.3, -0.25) is 4.98 Å². The predicted octanol–water partition coefficient (Wildman–Crippen LogP) is 7.62. The van der Waals surface area contributed by atoms with Crippen LogP contribution < -0.4 is 0 Å². The molecule has 0 aromatic carbocycles. The third kappa shape index (κ3) is 17.0. The molecule has 0 radical (unpaired) electrons. The second kappa shape index (κ2) is 16.4. The lowest BCUT2D eigenvalue weighted by Gasteiger charge is -2.40. The Morgan fingerprint density at radius 3 is 1.81 bits per heavy atom. The van der Waals surface area contributed by atoms with Gasteiger partial charge in [-0.25, -0.2) is 0 Å². The average Bonchev–Trinajstić information content (AvgIpc) is 2.74. The summed E-state index contributed by atoms with van der Waals surface area (Å²) in [4.78, 5) is 4.33. The quantitative estimate of drug-likeness (QED) is 0.103. The molecule has 0 aliphatic carbocycles. The lowest BCUT2D eigenvalue weighted by Crippen LogP contribution is -2.57. The Balaban J connectivity index is 2.36. The maximum atomic E-state index is 6.57. The van der Waals surface area contributed by atoms with Crippen LogP contribution in [0.25, 0.3) is 0 Å². The number of unbranched alkanes of at least 4 members (excludes halogenated alkanes) is 6. The van der Waals surface area contributed by atoms with E-state index < -0.39 is 34.2 Å². The van der Waals surface area contributed by atoms with Crippen molar-refractivity contribution >= 4 is 34.2 Å². The van der Waals surface area contributed by atoms with Crippen molar-refractivity contribution in [3.63, 3.8) is 0 Å². The van der Waals surface area contributed by atoms with Gasteiger partial charge in [-0.1, -0.05) is 38.7 Å². The SMILES string of the molecule is CCC#CCCCCCCCCO[Si](C)(C)O[Si](C)(C)O[Si](C)(C)O[Si](C)(C)OCc1ccccn1. The number of aromatic nitrogens is 1. The molecule has 0 spiro atoms. The number of hydrogen-bond acceptors (Lipinski definition) is 6. The highest BCUT2D eigenvalue weighted by Gasteiger charge is 2.44. The Labute approximate surface area is 225 Å². The topological polar surface area (TPSA) is 59.0 Å². The van der Waals surface area contributed by atoms with E-state index in [9.17, 15) is 0 Å². The highest BCUT2D eigenvalue weighted by molar-refractivity contribution is 6.87. The first kappa shape index (κ1) is 33.4. The molecule has 0 atom stereocenters. The van der Waals surface area contributed by atoms with Crippen molar-refractivity contribution in [2.45, 2.75) is 117 Å². The van der Waals surface area contributed by atoms with Crippen molar-refractivity contribution in [3.8, 4) is 11.8 Å². The monoisotopic (exact) mass is 569 g/mol. The molecule has 1 heterocycles. The maximum absolute atomic E-state index is 6.57. The van der Waals surface area contributed by atoms with Gasteiger partial charge in [0.05, 0.1) is 12.3 Å². The maximum Gasteiger partial charge on any atom is 0.323 e. The van der Waals surface area contributed by atoms with Gasteiger partial charge in [0, 0.05) is 25.6 Å². The van der Waals surface area contributed by atoms with Crippen LogP contribution in [0.1, 0.15) is 64.0 Å². The fraction of sp³-hybridized carbons (Fsp3) is 0.731. The first-order valence-electron chi connectivity index (χ1n) is 13.5. The van der Waals surface area contributed by atoms with Gasteiger partial charge in [-0.15, -0.1) is 11.8 Å². The van der Waals surface area contributed by atoms with Gasteiger partial charge < -0.3 is 21.2 Å². The molecule has 0 fully saturated rings. The van der Waals surface area contributed by atoms with Crippen LogP contribution in [-0.2, 0) is 27.8 Å². The van der Waals surface area contributed by atoms with E-state index in [1.807, 2.05) is 18.2 Å². The fourth-order valence-corrected chi connectivity index (χ4v) is 21.1. The molecule has 0 amide bonds. The first-order chi connectivity index (χ1) is 16.8. The standard InChI is InChI=1S/C26H51NO5Si4/c1-10-11-12-13-14-15-16-17-18-21-24-28-33(2,3)30-35(6,7)32-36(8,9)31-34(4,5)29-25-26-22-19-20-23-27-26/h19-20,22-23H,10,13-18,21,24-25H2,1-9H3. The number of rotatable bonds is 18. The Morgan fingerprint density at radius 1 is 0.667 bits per heavy atom. The first-order valence-corrected chi connectivity index (χ1v) is 24.8. The Bertz CT molecular complexity index is 795. The van der Waals surface area contributed by atoms with Crippen LogP contribution in [0, 0.1) is 11.8 Å². The van der Waals surface area contributed by atoms with Crippen LogP contribution in [0.5, 0.6) is 0 Å². The fourth-order valence-electron chi connectivity index (χ4n) is 4.16. The molecular weight excluding hydrogens is 519 g/mol. The molecular formula is C26H51NO5Si4. The van der Waals surface area contributed by atoms with Crippen molar-refractivity contribution in [1.82, 2.24) is 4.98 Å². The zero-order valence-electron chi connectivity index (χ0n) is 24.4. The molecule has 0 aliphatic heterocycles. The van der Waals surface area contributed by atoms with E-state index in [1.54, 1.807) is 6.20 Å². The second-order valence-electron chi connectivity index (χ2n) is 10.9. The van der Waals surface area contributed by atoms with Gasteiger partial charge >= 0.3 is 34.2 Å². The molecule has 0 bridgehead atoms. The number of hydrogen-bond donors (Lipinski definition) is 0. The minimum Gasteiger partial charge on any atom is -0.416 e. The van der Waals surface area contributed by atoms with Gasteiger partial charge in [0.15, 0.2) is 0 Å². The Hall–Kier alpha value is -0.622. The molecule has 36 heavy (non-hydrogen) atoms. The Morgan fingerprint density at radius 2 is 1.22 bits per heavy atom. The minimum absolute atomic E-state index is 0.448. The summed E-state index contributed by atoms with van der Waals surface area (Å²) in [5.74, 6) is 6.36. The third-order valence-corrected chi connectivity index (χ3v) is 18.8. The van der Waals surface area contributed by atoms with Crippen molar-refractivity contribution in [1.29, 1.82) is 0 Å². The lowest BCUT2D eigenvalue weighted by molar-refractivity contribution is 0.202. The summed E-state index contributed by atoms with van der Waals surface area (Å²) >= 11 is 0. The van der Waals surface area contributed by atoms with E-state index in [2.05, 4.69) is 76.1 Å². The molecule has 0 saturated heterocycles. The van der Waals surface area contributed by atoms with Crippen LogP contribution >= 0.6 is 0 Å². The van der Waals surface area contributed by atoms with Crippen LogP contribution in [0.2, 0.25) is 52.4 Å². The summed E-state index contributed by atoms with van der Waals surface area (Å²) in [6.45, 7) is 20.0. The zero-order chi connectivity index (χ0) is 27.1. The molecule has 0 N–H and O–H groups in total. The van der Waals surface area contributed by atoms with E-state index >= 15 is 0 Å². The summed E-state index contributed by atoms with van der Waals surface area (Å²) in [5, 5.41) is 0. The summed E-state index contributed by atoms with van der Waals surface area (Å²) in [6, 6.07) is 5.83. The molecule has 0 unspecified atom stereocenters. The smallest absolute Gasteiger partial charge is 0.323 e. The highest BCUT2D eigenvalue weighted by Crippen LogP contribution is 2.25. The van der Waals surface area contributed by atoms with Crippen molar-refractivity contribution in [2.24, 2.45) is 0 Å². The summed E-state index contributed by atoms with van der Waals surface area (Å²) in [6.07, 6.45) is 11.1. The van der Waals surface area contributed by atoms with Crippen LogP contribution in [0.4, 0.5) is 0 Å². The van der Waals surface area contributed by atoms with E-state index in [-0.39, 0.29) is 0 Å². The van der Waals surface area contributed by atoms with Crippen LogP contribution in [-0.4, -0.2) is 45.8 Å². The molecule has 1 aromatic rings. The van der Waals surface area contributed by atoms with Gasteiger partial charge in [0.2, 0.25) is 0 Å². The lowest BCUT2D eigenvalue weighted by atomic mass is 10.1. The number of nitrogens with zero attached hydrogens (tertiary/aromatic N) is 1. The summed E-state index contributed by atoms with van der Waals surface area (Å²) < 4.78 is 32.0. The minimum atomic E-state index is -2.47. The zero-order valence-corrected chi connectivity index (χ0v) is 28.4. The van der Waals surface area contributed by atoms with Crippen molar-refractivity contribution < 1.29 is 21.2 Å². The molecule has 10 heteroatoms. The average molecular weight is 570 g/mol. The van der Waals surface area contributed by atoms with Gasteiger partial charge in [-0.2, -0.15) is 0 Å². The molecule has 0 saturated carbocycles. The van der Waals surface area contributed by atoms with Crippen LogP contribution in [0.3, 0.4) is 0 Å². The van der Waals surface area contributed by atoms with Gasteiger partial charge in [0.1, 0.15) is 0 Å². The predicted molar refractivity (Wildman–Crippen MR) is 159 cm³/mol. The molecule has 1 rings (SSSR count). The molecule has 6 nitrogen and oxygen atoms in total. The van der Waals surface area contributed by atoms with E-state index in [0.717, 1.165) is 31.6 Å². The Kier molecular flexibility index (Phi) is 15.2. The summed E-state index contributed by atoms with van der Waals surface area (Å²) in [5.41, 5.74) is 0.905. The van der Waals surface area contributed by atoms with E-state index in [4.69, 9.17) is 21.2 Å². The second-order valence-corrected chi connectivity index (χ2v) is 25.2. The van der Waals surface area contributed by atoms with E-state index in [0.29, 0.717) is 6.61 Å². The highest BCUT2D eigenvalue weighted by atomic mass is 28.5. The molecule has 1 aromatic heterocycles. The van der Waals surface area contributed by atoms with Crippen molar-refractivity contribution in [3.05, 3.63) is 30.1 Å². The summed E-state index contributed by atoms with van der Waals surface area (Å²) in [7, 11) is -9.60. The van der Waals surface area contributed by atoms with E-state index in [1.165, 1.54) is 32.1 Å². The molecule has 0 aliphatic rings. The van der Waals surface area contributed by atoms with Gasteiger partial charge in [0.25, 0.3) is 0 Å². The van der Waals surface area contributed by atoms with Crippen molar-refractivity contribution in [2.75, 3.05) is 6.61 Å². The largest absolute Gasteiger partial charge is 0.416 e. The molecule has 206 valence electrons. The van der Waals surface area contributed by atoms with Gasteiger partial charge in [-0.05, 0) is 77.4 Å². The normalized spacial score (nSPS) is 12.9.